The number of fused-ring (bicyclic) bond motifs is 1. The van der Waals surface area contributed by atoms with Crippen LogP contribution in [-0.2, 0) is 17.1 Å². The van der Waals surface area contributed by atoms with Crippen molar-refractivity contribution >= 4 is 49.9 Å². The SMILES string of the molecule is Cc1cc([C@@H](C)Nc2ccc(Cl)nc2C(=O)NS(C)(=O)=O)c2nc(C3CCN(c4ncc(C#N)cc4C)CC3)n(C)c(=O)c2c1. The van der Waals surface area contributed by atoms with Crippen LogP contribution in [0.4, 0.5) is 11.5 Å². The zero-order chi connectivity index (χ0) is 32.6. The number of aryl methyl sites for hydroxylation is 2. The van der Waals surface area contributed by atoms with Crippen molar-refractivity contribution in [3.05, 3.63) is 85.8 Å². The minimum absolute atomic E-state index is 0.0267. The molecule has 0 bridgehead atoms. The van der Waals surface area contributed by atoms with Crippen LogP contribution in [0.1, 0.15) is 70.3 Å². The van der Waals surface area contributed by atoms with Gasteiger partial charge in [0.15, 0.2) is 5.69 Å². The van der Waals surface area contributed by atoms with Gasteiger partial charge in [-0.1, -0.05) is 17.7 Å². The summed E-state index contributed by atoms with van der Waals surface area (Å²) in [4.78, 5) is 42.3. The van der Waals surface area contributed by atoms with E-state index < -0.39 is 22.0 Å². The van der Waals surface area contributed by atoms with Crippen LogP contribution in [0.5, 0.6) is 0 Å². The Bertz CT molecular complexity index is 2030. The number of pyridine rings is 2. The monoisotopic (exact) mass is 648 g/mol. The van der Waals surface area contributed by atoms with Crippen molar-refractivity contribution in [2.75, 3.05) is 29.6 Å². The van der Waals surface area contributed by atoms with Gasteiger partial charge >= 0.3 is 0 Å². The van der Waals surface area contributed by atoms with E-state index in [9.17, 15) is 23.3 Å². The summed E-state index contributed by atoms with van der Waals surface area (Å²) < 4.78 is 27.0. The number of amides is 1. The molecule has 0 unspecified atom stereocenters. The maximum absolute atomic E-state index is 13.7. The number of anilines is 2. The molecule has 0 radical (unpaired) electrons. The number of nitrogens with zero attached hydrogens (tertiary/aromatic N) is 6. The van der Waals surface area contributed by atoms with Crippen LogP contribution in [0.3, 0.4) is 0 Å². The quantitative estimate of drug-likeness (QED) is 0.279. The average Bonchev–Trinajstić information content (AvgIpc) is 2.99. The molecule has 0 spiro atoms. The Balaban J connectivity index is 1.47. The summed E-state index contributed by atoms with van der Waals surface area (Å²) in [6, 6.07) is 10.3. The number of carbonyl (C=O) groups is 1. The van der Waals surface area contributed by atoms with E-state index in [1.54, 1.807) is 23.9 Å². The van der Waals surface area contributed by atoms with Gasteiger partial charge in [0.25, 0.3) is 11.5 Å². The number of hydrogen-bond donors (Lipinski definition) is 2. The maximum atomic E-state index is 13.7. The highest BCUT2D eigenvalue weighted by atomic mass is 35.5. The van der Waals surface area contributed by atoms with Crippen LogP contribution in [0.25, 0.3) is 10.9 Å². The number of hydrogen-bond acceptors (Lipinski definition) is 10. The molecule has 5 rings (SSSR count). The van der Waals surface area contributed by atoms with E-state index in [-0.39, 0.29) is 28.0 Å². The van der Waals surface area contributed by atoms with Crippen LogP contribution in [0.2, 0.25) is 5.15 Å². The second-order valence-electron chi connectivity index (χ2n) is 11.4. The Morgan fingerprint density at radius 3 is 2.51 bits per heavy atom. The minimum Gasteiger partial charge on any atom is -0.377 e. The Morgan fingerprint density at radius 2 is 1.87 bits per heavy atom. The van der Waals surface area contributed by atoms with Crippen LogP contribution < -0.4 is 20.5 Å². The lowest BCUT2D eigenvalue weighted by atomic mass is 9.94. The highest BCUT2D eigenvalue weighted by Crippen LogP contribution is 2.33. The highest BCUT2D eigenvalue weighted by molar-refractivity contribution is 7.89. The number of sulfonamides is 1. The number of aromatic nitrogens is 4. The van der Waals surface area contributed by atoms with E-state index in [0.717, 1.165) is 54.7 Å². The number of nitrogens with one attached hydrogen (secondary N) is 2. The molecule has 45 heavy (non-hydrogen) atoms. The molecule has 3 aromatic heterocycles. The fraction of sp³-hybridized carbons (Fsp3) is 0.355. The summed E-state index contributed by atoms with van der Waals surface area (Å²) in [6.45, 7) is 7.15. The maximum Gasteiger partial charge on any atom is 0.285 e. The van der Waals surface area contributed by atoms with E-state index in [4.69, 9.17) is 16.6 Å². The third-order valence-electron chi connectivity index (χ3n) is 7.92. The fourth-order valence-corrected chi connectivity index (χ4v) is 6.41. The van der Waals surface area contributed by atoms with E-state index in [0.29, 0.717) is 22.3 Å². The van der Waals surface area contributed by atoms with Crippen molar-refractivity contribution in [1.82, 2.24) is 24.2 Å². The second kappa shape index (κ2) is 12.5. The Hall–Kier alpha value is -4.54. The largest absolute Gasteiger partial charge is 0.377 e. The first kappa shape index (κ1) is 31.9. The summed E-state index contributed by atoms with van der Waals surface area (Å²) in [5.41, 5.74) is 3.56. The van der Waals surface area contributed by atoms with Gasteiger partial charge < -0.3 is 10.2 Å². The molecule has 234 valence electrons. The third-order valence-corrected chi connectivity index (χ3v) is 8.69. The lowest BCUT2D eigenvalue weighted by Crippen LogP contribution is -2.36. The number of rotatable bonds is 7. The van der Waals surface area contributed by atoms with E-state index in [1.165, 1.54) is 6.07 Å². The molecular formula is C31H33ClN8O4S. The molecule has 1 aromatic carbocycles. The summed E-state index contributed by atoms with van der Waals surface area (Å²) in [7, 11) is -2.09. The molecular weight excluding hydrogens is 616 g/mol. The molecule has 1 atom stereocenters. The van der Waals surface area contributed by atoms with Gasteiger partial charge in [-0.3, -0.25) is 14.2 Å². The zero-order valence-corrected chi connectivity index (χ0v) is 27.1. The van der Waals surface area contributed by atoms with Crippen molar-refractivity contribution in [3.8, 4) is 6.07 Å². The van der Waals surface area contributed by atoms with E-state index >= 15 is 0 Å². The zero-order valence-electron chi connectivity index (χ0n) is 25.5. The molecule has 1 fully saturated rings. The predicted octanol–water partition coefficient (Wildman–Crippen LogP) is 4.11. The molecule has 2 N–H and O–H groups in total. The second-order valence-corrected chi connectivity index (χ2v) is 13.6. The van der Waals surface area contributed by atoms with Gasteiger partial charge in [0.1, 0.15) is 22.9 Å². The number of nitriles is 1. The normalized spacial score (nSPS) is 14.6. The van der Waals surface area contributed by atoms with Crippen molar-refractivity contribution in [2.45, 2.75) is 45.6 Å². The summed E-state index contributed by atoms with van der Waals surface area (Å²) in [5.74, 6) is 0.657. The molecule has 4 heterocycles. The fourth-order valence-electron chi connectivity index (χ4n) is 5.83. The van der Waals surface area contributed by atoms with Crippen molar-refractivity contribution in [3.63, 3.8) is 0 Å². The smallest absolute Gasteiger partial charge is 0.285 e. The van der Waals surface area contributed by atoms with Crippen molar-refractivity contribution in [2.24, 2.45) is 7.05 Å². The number of piperidine rings is 1. The van der Waals surface area contributed by atoms with Crippen LogP contribution >= 0.6 is 11.6 Å². The Labute approximate surface area is 266 Å². The topological polar surface area (TPSA) is 163 Å². The minimum atomic E-state index is -3.84. The Kier molecular flexibility index (Phi) is 8.82. The third kappa shape index (κ3) is 6.77. The number of halogens is 1. The Morgan fingerprint density at radius 1 is 1.16 bits per heavy atom. The van der Waals surface area contributed by atoms with Crippen molar-refractivity contribution in [1.29, 1.82) is 5.26 Å². The van der Waals surface area contributed by atoms with Gasteiger partial charge in [0.05, 0.1) is 34.5 Å². The van der Waals surface area contributed by atoms with Crippen molar-refractivity contribution < 1.29 is 13.2 Å². The molecule has 1 saturated heterocycles. The van der Waals surface area contributed by atoms with Gasteiger partial charge in [-0.05, 0) is 69.0 Å². The molecule has 14 heteroatoms. The van der Waals surface area contributed by atoms with E-state index in [2.05, 4.69) is 26.3 Å². The van der Waals surface area contributed by atoms with Crippen LogP contribution in [0, 0.1) is 25.2 Å². The van der Waals surface area contributed by atoms with Gasteiger partial charge in [0.2, 0.25) is 10.0 Å². The summed E-state index contributed by atoms with van der Waals surface area (Å²) in [6.07, 6.45) is 3.99. The van der Waals surface area contributed by atoms with Gasteiger partial charge in [-0.25, -0.2) is 28.1 Å². The first-order chi connectivity index (χ1) is 21.3. The first-order valence-electron chi connectivity index (χ1n) is 14.3. The molecule has 0 saturated carbocycles. The van der Waals surface area contributed by atoms with Gasteiger partial charge in [-0.15, -0.1) is 0 Å². The number of carbonyl (C=O) groups excluding carboxylic acids is 1. The predicted molar refractivity (Wildman–Crippen MR) is 173 cm³/mol. The lowest BCUT2D eigenvalue weighted by molar-refractivity contribution is 0.0977. The standard InChI is InChI=1S/C31H33ClN8O4S/c1-17-12-22(19(3)35-24-6-7-25(32)36-27(24)30(41)38-45(5,43)44)26-23(13-17)31(42)39(4)29(37-26)21-8-10-40(11-9-21)28-18(2)14-20(15-33)16-34-28/h6-7,12-14,16,19,21,35H,8-11H2,1-5H3,(H,38,41)/t19-/m1/s1. The van der Waals surface area contributed by atoms with Gasteiger partial charge in [-0.2, -0.15) is 5.26 Å². The molecule has 1 aliphatic heterocycles. The van der Waals surface area contributed by atoms with E-state index in [1.807, 2.05) is 43.7 Å². The molecule has 0 aliphatic carbocycles. The summed E-state index contributed by atoms with van der Waals surface area (Å²) >= 11 is 6.04. The number of benzene rings is 1. The van der Waals surface area contributed by atoms with Crippen LogP contribution in [0.15, 0.2) is 41.3 Å². The molecule has 1 aliphatic rings. The van der Waals surface area contributed by atoms with Crippen LogP contribution in [-0.4, -0.2) is 53.2 Å². The molecule has 4 aromatic rings. The van der Waals surface area contributed by atoms with Gasteiger partial charge in [0, 0.05) is 37.8 Å². The summed E-state index contributed by atoms with van der Waals surface area (Å²) in [5, 5.41) is 12.9. The average molecular weight is 649 g/mol. The molecule has 1 amide bonds. The first-order valence-corrected chi connectivity index (χ1v) is 16.6. The highest BCUT2D eigenvalue weighted by Gasteiger charge is 2.27. The molecule has 12 nitrogen and oxygen atoms in total. The lowest BCUT2D eigenvalue weighted by Gasteiger charge is -2.34.